The van der Waals surface area contributed by atoms with E-state index in [9.17, 15) is 9.90 Å². The van der Waals surface area contributed by atoms with Crippen LogP contribution in [0.25, 0.3) is 21.3 Å². The molecule has 4 rings (SSSR count). The van der Waals surface area contributed by atoms with Gasteiger partial charge in [0.25, 0.3) is 5.56 Å². The number of H-pyrrole nitrogens is 1. The molecule has 0 fully saturated rings. The lowest BCUT2D eigenvalue weighted by atomic mass is 9.98. The summed E-state index contributed by atoms with van der Waals surface area (Å²) in [6.07, 6.45) is 0.756. The van der Waals surface area contributed by atoms with Crippen molar-refractivity contribution in [2.24, 2.45) is 0 Å². The zero-order chi connectivity index (χ0) is 19.9. The highest BCUT2D eigenvalue weighted by atomic mass is 35.5. The van der Waals surface area contributed by atoms with E-state index in [2.05, 4.69) is 22.3 Å². The minimum absolute atomic E-state index is 0.294. The molecular weight excluding hydrogens is 392 g/mol. The van der Waals surface area contributed by atoms with Gasteiger partial charge in [0.2, 0.25) is 0 Å². The van der Waals surface area contributed by atoms with Crippen molar-refractivity contribution in [2.75, 3.05) is 0 Å². The lowest BCUT2D eigenvalue weighted by Gasteiger charge is -2.16. The third-order valence-corrected chi connectivity index (χ3v) is 6.21. The Morgan fingerprint density at radius 1 is 1.14 bits per heavy atom. The van der Waals surface area contributed by atoms with Crippen molar-refractivity contribution in [3.63, 3.8) is 0 Å². The Balaban J connectivity index is 1.80. The van der Waals surface area contributed by atoms with Gasteiger partial charge in [-0.15, -0.1) is 11.3 Å². The Morgan fingerprint density at radius 2 is 1.93 bits per heavy atom. The number of aliphatic hydroxyl groups is 1. The van der Waals surface area contributed by atoms with E-state index in [0.29, 0.717) is 11.3 Å². The lowest BCUT2D eigenvalue weighted by molar-refractivity contribution is 0.0769. The highest BCUT2D eigenvalue weighted by Crippen LogP contribution is 2.36. The second-order valence-electron chi connectivity index (χ2n) is 7.26. The van der Waals surface area contributed by atoms with Crippen molar-refractivity contribution in [1.82, 2.24) is 10.2 Å². The molecule has 0 aliphatic heterocycles. The van der Waals surface area contributed by atoms with Crippen LogP contribution in [-0.4, -0.2) is 15.3 Å². The van der Waals surface area contributed by atoms with Crippen molar-refractivity contribution < 1.29 is 5.11 Å². The maximum atomic E-state index is 12.1. The Labute approximate surface area is 171 Å². The fourth-order valence-corrected chi connectivity index (χ4v) is 4.64. The van der Waals surface area contributed by atoms with E-state index in [0.717, 1.165) is 32.7 Å². The van der Waals surface area contributed by atoms with Crippen LogP contribution in [0.1, 0.15) is 29.9 Å². The molecule has 2 heterocycles. The molecule has 0 atom stereocenters. The summed E-state index contributed by atoms with van der Waals surface area (Å²) in [5.74, 6) is 0. The van der Waals surface area contributed by atoms with E-state index in [1.54, 1.807) is 31.3 Å². The number of halogens is 1. The maximum absolute atomic E-state index is 12.1. The van der Waals surface area contributed by atoms with Crippen LogP contribution in [0.15, 0.2) is 59.4 Å². The van der Waals surface area contributed by atoms with Crippen molar-refractivity contribution in [1.29, 1.82) is 0 Å². The third-order valence-electron chi connectivity index (χ3n) is 4.66. The van der Waals surface area contributed by atoms with Gasteiger partial charge in [0.1, 0.15) is 0 Å². The molecule has 28 heavy (non-hydrogen) atoms. The largest absolute Gasteiger partial charge is 0.386 e. The van der Waals surface area contributed by atoms with Gasteiger partial charge in [-0.25, -0.2) is 5.10 Å². The number of nitrogens with zero attached hydrogens (tertiary/aromatic N) is 1. The number of aromatic amines is 1. The van der Waals surface area contributed by atoms with Crippen LogP contribution in [0.4, 0.5) is 0 Å². The van der Waals surface area contributed by atoms with Crippen LogP contribution >= 0.6 is 22.9 Å². The molecule has 0 radical (unpaired) electrons. The van der Waals surface area contributed by atoms with Crippen LogP contribution in [0.5, 0.6) is 0 Å². The number of benzene rings is 2. The molecule has 4 aromatic rings. The molecule has 2 aromatic carbocycles. The molecule has 0 bridgehead atoms. The van der Waals surface area contributed by atoms with Crippen molar-refractivity contribution in [3.8, 4) is 11.3 Å². The molecular formula is C22H19ClN2O2S. The highest BCUT2D eigenvalue weighted by molar-refractivity contribution is 7.19. The van der Waals surface area contributed by atoms with Crippen molar-refractivity contribution in [3.05, 3.63) is 86.0 Å². The molecule has 0 saturated carbocycles. The summed E-state index contributed by atoms with van der Waals surface area (Å²) in [7, 11) is 0. The summed E-state index contributed by atoms with van der Waals surface area (Å²) in [4.78, 5) is 13.3. The minimum Gasteiger partial charge on any atom is -0.386 e. The van der Waals surface area contributed by atoms with Crippen molar-refractivity contribution >= 4 is 33.0 Å². The molecule has 0 aliphatic rings. The number of aromatic nitrogens is 2. The van der Waals surface area contributed by atoms with Crippen LogP contribution < -0.4 is 5.56 Å². The monoisotopic (exact) mass is 410 g/mol. The SMILES string of the molecule is CC(C)(O)c1cc(-c2cccc3cc(Cc4ccccc4Cl)sc23)n[nH]c1=O. The summed E-state index contributed by atoms with van der Waals surface area (Å²) in [6.45, 7) is 3.18. The molecule has 2 N–H and O–H groups in total. The Morgan fingerprint density at radius 3 is 2.68 bits per heavy atom. The first-order chi connectivity index (χ1) is 13.3. The van der Waals surface area contributed by atoms with Gasteiger partial charge >= 0.3 is 0 Å². The summed E-state index contributed by atoms with van der Waals surface area (Å²) >= 11 is 8.00. The number of thiophene rings is 1. The van der Waals surface area contributed by atoms with E-state index in [4.69, 9.17) is 11.6 Å². The maximum Gasteiger partial charge on any atom is 0.270 e. The average molecular weight is 411 g/mol. The van der Waals surface area contributed by atoms with Crippen LogP contribution in [-0.2, 0) is 12.0 Å². The second kappa shape index (κ2) is 7.17. The highest BCUT2D eigenvalue weighted by Gasteiger charge is 2.22. The van der Waals surface area contributed by atoms with Gasteiger partial charge in [0.15, 0.2) is 0 Å². The van der Waals surface area contributed by atoms with E-state index in [1.165, 1.54) is 4.88 Å². The molecule has 2 aromatic heterocycles. The molecule has 0 spiro atoms. The summed E-state index contributed by atoms with van der Waals surface area (Å²) in [6, 6.07) is 17.7. The summed E-state index contributed by atoms with van der Waals surface area (Å²) in [5, 5.41) is 18.9. The molecule has 4 nitrogen and oxygen atoms in total. The van der Waals surface area contributed by atoms with Gasteiger partial charge in [-0.05, 0) is 43.0 Å². The van der Waals surface area contributed by atoms with Gasteiger partial charge in [-0.2, -0.15) is 5.10 Å². The van der Waals surface area contributed by atoms with Gasteiger partial charge in [0, 0.05) is 26.6 Å². The zero-order valence-corrected chi connectivity index (χ0v) is 17.1. The quantitative estimate of drug-likeness (QED) is 0.490. The standard InChI is InChI=1S/C22H19ClN2O2S/c1-22(2,27)17-12-19(24-25-21(17)26)16-8-5-7-14-11-15(28-20(14)16)10-13-6-3-4-9-18(13)23/h3-9,11-12,27H,10H2,1-2H3,(H,25,26). The van der Waals surface area contributed by atoms with Gasteiger partial charge < -0.3 is 5.11 Å². The predicted octanol–water partition coefficient (Wildman–Crippen LogP) is 5.12. The predicted molar refractivity (Wildman–Crippen MR) is 115 cm³/mol. The van der Waals surface area contributed by atoms with Crippen LogP contribution in [0.3, 0.4) is 0 Å². The fraction of sp³-hybridized carbons (Fsp3) is 0.182. The minimum atomic E-state index is -1.25. The number of rotatable bonds is 4. The molecule has 0 unspecified atom stereocenters. The smallest absolute Gasteiger partial charge is 0.270 e. The molecule has 0 saturated heterocycles. The van der Waals surface area contributed by atoms with E-state index < -0.39 is 5.60 Å². The van der Waals surface area contributed by atoms with Gasteiger partial charge in [0.05, 0.1) is 16.9 Å². The lowest BCUT2D eigenvalue weighted by Crippen LogP contribution is -2.27. The normalized spacial score (nSPS) is 11.9. The fourth-order valence-electron chi connectivity index (χ4n) is 3.23. The van der Waals surface area contributed by atoms with E-state index in [-0.39, 0.29) is 5.56 Å². The Kier molecular flexibility index (Phi) is 4.83. The summed E-state index contributed by atoms with van der Waals surface area (Å²) in [5.41, 5.74) is 1.31. The third kappa shape index (κ3) is 3.61. The Bertz CT molecular complexity index is 1220. The molecule has 0 amide bonds. The van der Waals surface area contributed by atoms with Crippen LogP contribution in [0.2, 0.25) is 5.02 Å². The van der Waals surface area contributed by atoms with Gasteiger partial charge in [-0.3, -0.25) is 4.79 Å². The molecule has 6 heteroatoms. The first-order valence-electron chi connectivity index (χ1n) is 8.91. The number of hydrogen-bond donors (Lipinski definition) is 2. The van der Waals surface area contributed by atoms with Crippen LogP contribution in [0, 0.1) is 0 Å². The van der Waals surface area contributed by atoms with E-state index >= 15 is 0 Å². The number of fused-ring (bicyclic) bond motifs is 1. The zero-order valence-electron chi connectivity index (χ0n) is 15.5. The second-order valence-corrected chi connectivity index (χ2v) is 8.80. The summed E-state index contributed by atoms with van der Waals surface area (Å²) < 4.78 is 1.09. The van der Waals surface area contributed by atoms with Gasteiger partial charge in [-0.1, -0.05) is 48.0 Å². The first-order valence-corrected chi connectivity index (χ1v) is 10.1. The Hall–Kier alpha value is -2.47. The first kappa shape index (κ1) is 18.9. The number of nitrogens with one attached hydrogen (secondary N) is 1. The number of hydrogen-bond acceptors (Lipinski definition) is 4. The van der Waals surface area contributed by atoms with E-state index in [1.807, 2.05) is 36.4 Å². The topological polar surface area (TPSA) is 66.0 Å². The van der Waals surface area contributed by atoms with Crippen molar-refractivity contribution in [2.45, 2.75) is 25.9 Å². The molecule has 142 valence electrons. The molecule has 0 aliphatic carbocycles. The average Bonchev–Trinajstić information content (AvgIpc) is 3.06.